The minimum Gasteiger partial charge on any atom is -0.480 e. The predicted octanol–water partition coefficient (Wildman–Crippen LogP) is 1.72. The van der Waals surface area contributed by atoms with Crippen molar-refractivity contribution < 1.29 is 14.7 Å². The molecule has 100 valence electrons. The fourth-order valence-corrected chi connectivity index (χ4v) is 2.94. The summed E-state index contributed by atoms with van der Waals surface area (Å²) in [6.07, 6.45) is 2.16. The summed E-state index contributed by atoms with van der Waals surface area (Å²) in [6, 6.07) is 6.97. The van der Waals surface area contributed by atoms with Crippen molar-refractivity contribution in [3.05, 3.63) is 29.8 Å². The zero-order valence-corrected chi connectivity index (χ0v) is 10.6. The Morgan fingerprint density at radius 2 is 2.00 bits per heavy atom. The van der Waals surface area contributed by atoms with Gasteiger partial charge in [0.05, 0.1) is 0 Å². The third kappa shape index (κ3) is 1.95. The molecule has 2 amide bonds. The fraction of sp³-hybridized carbons (Fsp3) is 0.429. The van der Waals surface area contributed by atoms with Crippen LogP contribution < -0.4 is 4.90 Å². The smallest absolute Gasteiger partial charge is 0.326 e. The van der Waals surface area contributed by atoms with E-state index in [-0.39, 0.29) is 6.03 Å². The number of amides is 2. The maximum Gasteiger partial charge on any atom is 0.326 e. The molecule has 1 aromatic rings. The van der Waals surface area contributed by atoms with Crippen molar-refractivity contribution in [1.82, 2.24) is 4.90 Å². The van der Waals surface area contributed by atoms with Crippen LogP contribution in [-0.2, 0) is 11.2 Å². The molecule has 0 radical (unpaired) electrons. The van der Waals surface area contributed by atoms with Crippen LogP contribution in [0.25, 0.3) is 0 Å². The number of carboxylic acid groups (broad SMARTS) is 1. The number of hydrogen-bond acceptors (Lipinski definition) is 2. The third-order valence-corrected chi connectivity index (χ3v) is 3.90. The summed E-state index contributed by atoms with van der Waals surface area (Å²) in [5, 5.41) is 9.16. The first kappa shape index (κ1) is 12.0. The van der Waals surface area contributed by atoms with Crippen LogP contribution in [0.15, 0.2) is 24.3 Å². The van der Waals surface area contributed by atoms with Crippen molar-refractivity contribution in [3.63, 3.8) is 0 Å². The first-order valence-electron chi connectivity index (χ1n) is 6.57. The van der Waals surface area contributed by atoms with Gasteiger partial charge in [0, 0.05) is 18.8 Å². The third-order valence-electron chi connectivity index (χ3n) is 3.90. The number of anilines is 1. The topological polar surface area (TPSA) is 60.9 Å². The highest BCUT2D eigenvalue weighted by atomic mass is 16.4. The summed E-state index contributed by atoms with van der Waals surface area (Å²) in [4.78, 5) is 26.9. The number of likely N-dealkylation sites (tertiary alicyclic amines) is 1. The van der Waals surface area contributed by atoms with Crippen molar-refractivity contribution in [1.29, 1.82) is 0 Å². The second-order valence-corrected chi connectivity index (χ2v) is 5.00. The molecule has 2 heterocycles. The summed E-state index contributed by atoms with van der Waals surface area (Å²) in [5.74, 6) is -0.904. The molecule has 0 spiro atoms. The van der Waals surface area contributed by atoms with Crippen LogP contribution in [0.2, 0.25) is 0 Å². The van der Waals surface area contributed by atoms with E-state index in [2.05, 4.69) is 0 Å². The quantitative estimate of drug-likeness (QED) is 0.836. The van der Waals surface area contributed by atoms with Crippen molar-refractivity contribution in [2.75, 3.05) is 18.0 Å². The summed E-state index contributed by atoms with van der Waals surface area (Å²) in [7, 11) is 0. The van der Waals surface area contributed by atoms with Crippen LogP contribution in [0.1, 0.15) is 18.4 Å². The minimum atomic E-state index is -0.904. The number of fused-ring (bicyclic) bond motifs is 1. The van der Waals surface area contributed by atoms with Crippen molar-refractivity contribution in [2.24, 2.45) is 0 Å². The Kier molecular flexibility index (Phi) is 2.89. The van der Waals surface area contributed by atoms with Crippen molar-refractivity contribution in [3.8, 4) is 0 Å². The molecule has 0 unspecified atom stereocenters. The number of carboxylic acids is 1. The number of benzene rings is 1. The largest absolute Gasteiger partial charge is 0.480 e. The highest BCUT2D eigenvalue weighted by Crippen LogP contribution is 2.30. The molecule has 1 N–H and O–H groups in total. The van der Waals surface area contributed by atoms with Gasteiger partial charge in [0.2, 0.25) is 0 Å². The van der Waals surface area contributed by atoms with Crippen molar-refractivity contribution in [2.45, 2.75) is 25.3 Å². The van der Waals surface area contributed by atoms with Gasteiger partial charge in [-0.25, -0.2) is 9.59 Å². The molecular formula is C14H16N2O3. The minimum absolute atomic E-state index is 0.171. The molecule has 0 bridgehead atoms. The Bertz CT molecular complexity index is 529. The number of nitrogens with zero attached hydrogens (tertiary/aromatic N) is 2. The molecule has 0 aliphatic carbocycles. The lowest BCUT2D eigenvalue weighted by Crippen LogP contribution is -2.47. The van der Waals surface area contributed by atoms with E-state index in [0.29, 0.717) is 19.5 Å². The SMILES string of the molecule is O=C(O)[C@H]1CCCN1C(=O)N1CCc2ccccc21. The molecule has 3 rings (SSSR count). The zero-order chi connectivity index (χ0) is 13.4. The second-order valence-electron chi connectivity index (χ2n) is 5.00. The number of para-hydroxylation sites is 1. The van der Waals surface area contributed by atoms with Gasteiger partial charge in [-0.15, -0.1) is 0 Å². The zero-order valence-electron chi connectivity index (χ0n) is 10.6. The van der Waals surface area contributed by atoms with E-state index in [0.717, 1.165) is 24.1 Å². The number of urea groups is 1. The summed E-state index contributed by atoms with van der Waals surface area (Å²) in [6.45, 7) is 1.18. The Morgan fingerprint density at radius 1 is 1.21 bits per heavy atom. The lowest BCUT2D eigenvalue weighted by molar-refractivity contribution is -0.141. The lowest BCUT2D eigenvalue weighted by Gasteiger charge is -2.27. The molecule has 5 heteroatoms. The number of rotatable bonds is 1. The van der Waals surface area contributed by atoms with Crippen LogP contribution >= 0.6 is 0 Å². The molecule has 5 nitrogen and oxygen atoms in total. The summed E-state index contributed by atoms with van der Waals surface area (Å²) in [5.41, 5.74) is 2.07. The van der Waals surface area contributed by atoms with Crippen LogP contribution in [0.3, 0.4) is 0 Å². The average molecular weight is 260 g/mol. The van der Waals surface area contributed by atoms with E-state index >= 15 is 0 Å². The van der Waals surface area contributed by atoms with Crippen LogP contribution in [0.4, 0.5) is 10.5 Å². The number of carbonyl (C=O) groups excluding carboxylic acids is 1. The van der Waals surface area contributed by atoms with E-state index in [1.807, 2.05) is 24.3 Å². The van der Waals surface area contributed by atoms with E-state index in [1.54, 1.807) is 4.90 Å². The molecule has 19 heavy (non-hydrogen) atoms. The predicted molar refractivity (Wildman–Crippen MR) is 70.3 cm³/mol. The normalized spacial score (nSPS) is 21.6. The Labute approximate surface area is 111 Å². The maximum absolute atomic E-state index is 12.5. The van der Waals surface area contributed by atoms with E-state index in [9.17, 15) is 9.59 Å². The van der Waals surface area contributed by atoms with Gasteiger partial charge in [-0.3, -0.25) is 4.90 Å². The van der Waals surface area contributed by atoms with E-state index in [1.165, 1.54) is 4.90 Å². The molecule has 2 aliphatic rings. The van der Waals surface area contributed by atoms with Gasteiger partial charge in [0.1, 0.15) is 6.04 Å². The Morgan fingerprint density at radius 3 is 2.79 bits per heavy atom. The van der Waals surface area contributed by atoms with Gasteiger partial charge in [-0.1, -0.05) is 18.2 Å². The Hall–Kier alpha value is -2.04. The second kappa shape index (κ2) is 4.57. The first-order chi connectivity index (χ1) is 9.18. The maximum atomic E-state index is 12.5. The highest BCUT2D eigenvalue weighted by Gasteiger charge is 2.38. The van der Waals surface area contributed by atoms with Gasteiger partial charge in [-0.05, 0) is 30.9 Å². The van der Waals surface area contributed by atoms with Crippen LogP contribution in [-0.4, -0.2) is 41.1 Å². The summed E-state index contributed by atoms with van der Waals surface area (Å²) >= 11 is 0. The molecule has 1 saturated heterocycles. The number of aliphatic carboxylic acids is 1. The van der Waals surface area contributed by atoms with Gasteiger partial charge in [-0.2, -0.15) is 0 Å². The molecule has 1 aromatic carbocycles. The Balaban J connectivity index is 1.84. The highest BCUT2D eigenvalue weighted by molar-refractivity contribution is 5.96. The van der Waals surface area contributed by atoms with Gasteiger partial charge >= 0.3 is 12.0 Å². The lowest BCUT2D eigenvalue weighted by atomic mass is 10.2. The molecule has 2 aliphatic heterocycles. The molecule has 1 fully saturated rings. The fourth-order valence-electron chi connectivity index (χ4n) is 2.94. The van der Waals surface area contributed by atoms with E-state index in [4.69, 9.17) is 5.11 Å². The van der Waals surface area contributed by atoms with Gasteiger partial charge < -0.3 is 10.0 Å². The first-order valence-corrected chi connectivity index (χ1v) is 6.57. The van der Waals surface area contributed by atoms with Crippen LogP contribution in [0.5, 0.6) is 0 Å². The standard InChI is InChI=1S/C14H16N2O3/c17-13(18)12-6-3-8-15(12)14(19)16-9-7-10-4-1-2-5-11(10)16/h1-2,4-5,12H,3,6-9H2,(H,17,18)/t12-/m1/s1. The molecule has 0 saturated carbocycles. The average Bonchev–Trinajstić information content (AvgIpc) is 3.05. The monoisotopic (exact) mass is 260 g/mol. The van der Waals surface area contributed by atoms with Gasteiger partial charge in [0.25, 0.3) is 0 Å². The van der Waals surface area contributed by atoms with Crippen molar-refractivity contribution >= 4 is 17.7 Å². The summed E-state index contributed by atoms with van der Waals surface area (Å²) < 4.78 is 0. The van der Waals surface area contributed by atoms with Crippen LogP contribution in [0, 0.1) is 0 Å². The molecular weight excluding hydrogens is 244 g/mol. The van der Waals surface area contributed by atoms with Gasteiger partial charge in [0.15, 0.2) is 0 Å². The molecule has 1 atom stereocenters. The number of hydrogen-bond donors (Lipinski definition) is 1. The number of carbonyl (C=O) groups is 2. The van der Waals surface area contributed by atoms with E-state index < -0.39 is 12.0 Å². The molecule has 0 aromatic heterocycles.